The summed E-state index contributed by atoms with van der Waals surface area (Å²) < 4.78 is 24.4. The second-order valence-electron chi connectivity index (χ2n) is 5.14. The lowest BCUT2D eigenvalue weighted by atomic mass is 10.0. The maximum absolute atomic E-state index is 11.7. The Morgan fingerprint density at radius 1 is 1.47 bits per heavy atom. The molecule has 5 heteroatoms. The van der Waals surface area contributed by atoms with Crippen molar-refractivity contribution in [1.82, 2.24) is 5.32 Å². The van der Waals surface area contributed by atoms with Crippen LogP contribution in [0.25, 0.3) is 0 Å². The third-order valence-corrected chi connectivity index (χ3v) is 5.87. The Labute approximate surface area is 123 Å². The summed E-state index contributed by atoms with van der Waals surface area (Å²) in [6, 6.07) is 8.50. The number of nitrogens with one attached hydrogen (secondary N) is 1. The first-order valence-corrected chi connectivity index (χ1v) is 9.33. The number of benzene rings is 1. The van der Waals surface area contributed by atoms with E-state index in [0.29, 0.717) is 5.75 Å². The molecule has 1 fully saturated rings. The molecule has 19 heavy (non-hydrogen) atoms. The van der Waals surface area contributed by atoms with Gasteiger partial charge in [-0.3, -0.25) is 0 Å². The van der Waals surface area contributed by atoms with Gasteiger partial charge in [-0.2, -0.15) is 0 Å². The molecule has 3 nitrogen and oxygen atoms in total. The van der Waals surface area contributed by atoms with E-state index < -0.39 is 9.84 Å². The Morgan fingerprint density at radius 3 is 2.89 bits per heavy atom. The fourth-order valence-corrected chi connectivity index (χ4v) is 4.68. The molecular formula is C14H20BrNO2S. The van der Waals surface area contributed by atoms with Gasteiger partial charge in [-0.15, -0.1) is 0 Å². The number of rotatable bonds is 4. The fraction of sp³-hybridized carbons (Fsp3) is 0.571. The van der Waals surface area contributed by atoms with Crippen LogP contribution in [0.1, 0.15) is 37.8 Å². The highest BCUT2D eigenvalue weighted by atomic mass is 79.9. The molecule has 1 saturated heterocycles. The maximum Gasteiger partial charge on any atom is 0.151 e. The van der Waals surface area contributed by atoms with E-state index in [0.717, 1.165) is 23.7 Å². The summed E-state index contributed by atoms with van der Waals surface area (Å²) >= 11 is 3.48. The fourth-order valence-electron chi connectivity index (χ4n) is 2.61. The van der Waals surface area contributed by atoms with Gasteiger partial charge in [0.25, 0.3) is 0 Å². The van der Waals surface area contributed by atoms with Gasteiger partial charge >= 0.3 is 0 Å². The quantitative estimate of drug-likeness (QED) is 0.911. The number of sulfone groups is 1. The lowest BCUT2D eigenvalue weighted by molar-refractivity contribution is 0.413. The summed E-state index contributed by atoms with van der Waals surface area (Å²) in [5.41, 5.74) is 1.21. The van der Waals surface area contributed by atoms with Gasteiger partial charge in [-0.1, -0.05) is 35.0 Å². The van der Waals surface area contributed by atoms with Crippen LogP contribution in [0, 0.1) is 0 Å². The van der Waals surface area contributed by atoms with Gasteiger partial charge in [0.2, 0.25) is 0 Å². The Bertz CT molecular complexity index is 530. The summed E-state index contributed by atoms with van der Waals surface area (Å²) in [5.74, 6) is 0.621. The monoisotopic (exact) mass is 345 g/mol. The van der Waals surface area contributed by atoms with E-state index in [9.17, 15) is 8.42 Å². The summed E-state index contributed by atoms with van der Waals surface area (Å²) in [7, 11) is -2.85. The Kier molecular flexibility index (Phi) is 5.03. The Morgan fingerprint density at radius 2 is 2.26 bits per heavy atom. The molecule has 1 N–H and O–H groups in total. The van der Waals surface area contributed by atoms with Gasteiger partial charge in [0.1, 0.15) is 0 Å². The van der Waals surface area contributed by atoms with E-state index in [4.69, 9.17) is 0 Å². The topological polar surface area (TPSA) is 46.2 Å². The number of hydrogen-bond donors (Lipinski definition) is 1. The standard InChI is InChI=1S/C14H20BrNO2S/c1-2-14(11-5-3-6-12(15)9-11)16-13-7-4-8-19(17,18)10-13/h3,5-6,9,13-14,16H,2,4,7-8,10H2,1H3. The van der Waals surface area contributed by atoms with Crippen LogP contribution in [0.3, 0.4) is 0 Å². The van der Waals surface area contributed by atoms with Crippen molar-refractivity contribution in [1.29, 1.82) is 0 Å². The molecule has 1 aromatic rings. The normalized spacial score (nSPS) is 24.0. The highest BCUT2D eigenvalue weighted by Crippen LogP contribution is 2.23. The van der Waals surface area contributed by atoms with Crippen LogP contribution in [0.5, 0.6) is 0 Å². The number of halogens is 1. The molecule has 2 unspecified atom stereocenters. The van der Waals surface area contributed by atoms with Gasteiger partial charge in [0.15, 0.2) is 9.84 Å². The molecule has 0 aromatic heterocycles. The molecule has 0 spiro atoms. The number of hydrogen-bond acceptors (Lipinski definition) is 3. The SMILES string of the molecule is CCC(NC1CCCS(=O)(=O)C1)c1cccc(Br)c1. The summed E-state index contributed by atoms with van der Waals surface area (Å²) in [4.78, 5) is 0. The molecule has 1 aromatic carbocycles. The van der Waals surface area contributed by atoms with E-state index in [2.05, 4.69) is 40.3 Å². The van der Waals surface area contributed by atoms with Crippen molar-refractivity contribution in [2.45, 2.75) is 38.3 Å². The van der Waals surface area contributed by atoms with E-state index in [1.54, 1.807) is 0 Å². The molecule has 2 atom stereocenters. The van der Waals surface area contributed by atoms with Gasteiger partial charge in [-0.05, 0) is 37.0 Å². The predicted molar refractivity (Wildman–Crippen MR) is 82.0 cm³/mol. The third kappa shape index (κ3) is 4.29. The smallest absolute Gasteiger partial charge is 0.151 e. The molecule has 0 aliphatic carbocycles. The second kappa shape index (κ2) is 6.37. The molecule has 106 valence electrons. The molecule has 1 heterocycles. The van der Waals surface area contributed by atoms with Crippen LogP contribution < -0.4 is 5.32 Å². The van der Waals surface area contributed by atoms with Crippen LogP contribution in [0.15, 0.2) is 28.7 Å². The average Bonchev–Trinajstić information content (AvgIpc) is 2.35. The van der Waals surface area contributed by atoms with E-state index in [1.165, 1.54) is 5.56 Å². The predicted octanol–water partition coefficient (Wildman–Crippen LogP) is 3.07. The van der Waals surface area contributed by atoms with E-state index >= 15 is 0 Å². The maximum atomic E-state index is 11.7. The molecule has 1 aliphatic heterocycles. The Hall–Kier alpha value is -0.390. The van der Waals surface area contributed by atoms with E-state index in [-0.39, 0.29) is 17.8 Å². The lowest BCUT2D eigenvalue weighted by Crippen LogP contribution is -2.41. The molecule has 2 rings (SSSR count). The van der Waals surface area contributed by atoms with Crippen LogP contribution in [0.4, 0.5) is 0 Å². The van der Waals surface area contributed by atoms with Gasteiger partial charge < -0.3 is 5.32 Å². The highest BCUT2D eigenvalue weighted by Gasteiger charge is 2.26. The molecule has 0 radical (unpaired) electrons. The zero-order chi connectivity index (χ0) is 13.9. The minimum Gasteiger partial charge on any atom is -0.306 e. The third-order valence-electron chi connectivity index (χ3n) is 3.56. The van der Waals surface area contributed by atoms with Crippen molar-refractivity contribution in [3.63, 3.8) is 0 Å². The van der Waals surface area contributed by atoms with Crippen molar-refractivity contribution in [3.8, 4) is 0 Å². The molecule has 0 bridgehead atoms. The highest BCUT2D eigenvalue weighted by molar-refractivity contribution is 9.10. The van der Waals surface area contributed by atoms with Crippen LogP contribution >= 0.6 is 15.9 Å². The first-order chi connectivity index (χ1) is 9.00. The largest absolute Gasteiger partial charge is 0.306 e. The lowest BCUT2D eigenvalue weighted by Gasteiger charge is -2.28. The van der Waals surface area contributed by atoms with Crippen molar-refractivity contribution in [3.05, 3.63) is 34.3 Å². The van der Waals surface area contributed by atoms with Crippen molar-refractivity contribution >= 4 is 25.8 Å². The minimum absolute atomic E-state index is 0.0858. The van der Waals surface area contributed by atoms with Crippen molar-refractivity contribution in [2.75, 3.05) is 11.5 Å². The molecule has 1 aliphatic rings. The summed E-state index contributed by atoms with van der Waals surface area (Å²) in [5, 5.41) is 3.50. The second-order valence-corrected chi connectivity index (χ2v) is 8.28. The zero-order valence-electron chi connectivity index (χ0n) is 11.1. The van der Waals surface area contributed by atoms with Crippen molar-refractivity contribution < 1.29 is 8.42 Å². The zero-order valence-corrected chi connectivity index (χ0v) is 13.5. The van der Waals surface area contributed by atoms with Crippen LogP contribution in [-0.2, 0) is 9.84 Å². The average molecular weight is 346 g/mol. The minimum atomic E-state index is -2.85. The van der Waals surface area contributed by atoms with Crippen molar-refractivity contribution in [2.24, 2.45) is 0 Å². The molecule has 0 saturated carbocycles. The summed E-state index contributed by atoms with van der Waals surface area (Å²) in [6.07, 6.45) is 2.67. The van der Waals surface area contributed by atoms with Gasteiger partial charge in [0, 0.05) is 16.6 Å². The first kappa shape index (κ1) is 15.0. The van der Waals surface area contributed by atoms with E-state index in [1.807, 2.05) is 12.1 Å². The van der Waals surface area contributed by atoms with Gasteiger partial charge in [0.05, 0.1) is 11.5 Å². The summed E-state index contributed by atoms with van der Waals surface area (Å²) in [6.45, 7) is 2.12. The van der Waals surface area contributed by atoms with Crippen LogP contribution in [-0.4, -0.2) is 26.0 Å². The Balaban J connectivity index is 2.07. The molecular weight excluding hydrogens is 326 g/mol. The van der Waals surface area contributed by atoms with Crippen LogP contribution in [0.2, 0.25) is 0 Å². The first-order valence-electron chi connectivity index (χ1n) is 6.72. The molecule has 0 amide bonds. The van der Waals surface area contributed by atoms with Gasteiger partial charge in [-0.25, -0.2) is 8.42 Å².